The highest BCUT2D eigenvalue weighted by molar-refractivity contribution is 7.12. The number of Topliss-reactive ketones (excluding diaryl/α,β-unsaturated/α-hetero) is 1. The molecule has 0 spiro atoms. The highest BCUT2D eigenvalue weighted by Gasteiger charge is 2.37. The monoisotopic (exact) mass is 426 g/mol. The standard InChI is InChI=1S/C20H21F3N2O3S/c1-12-9-15(13(2)29-12)17(26)11-28-19(27)14-5-4-8-25(10-14)18-16(20(21,22)23)6-3-7-24-18/h3,6-7,9,14H,4-5,8,10-11H2,1-2H3/t14-/m0/s1. The Hall–Kier alpha value is -2.42. The van der Waals surface area contributed by atoms with Crippen molar-refractivity contribution >= 4 is 28.9 Å². The van der Waals surface area contributed by atoms with Crippen LogP contribution in [0.4, 0.5) is 19.0 Å². The van der Waals surface area contributed by atoms with E-state index in [0.717, 1.165) is 15.8 Å². The van der Waals surface area contributed by atoms with Crippen molar-refractivity contribution in [1.29, 1.82) is 0 Å². The summed E-state index contributed by atoms with van der Waals surface area (Å²) in [6.07, 6.45) is -2.20. The molecule has 0 amide bonds. The normalized spacial score (nSPS) is 17.3. The smallest absolute Gasteiger partial charge is 0.419 e. The van der Waals surface area contributed by atoms with Crippen LogP contribution in [0.3, 0.4) is 0 Å². The number of aromatic nitrogens is 1. The number of ketones is 1. The zero-order valence-corrected chi connectivity index (χ0v) is 16.9. The fraction of sp³-hybridized carbons (Fsp3) is 0.450. The van der Waals surface area contributed by atoms with Gasteiger partial charge in [0.1, 0.15) is 5.82 Å². The number of hydrogen-bond donors (Lipinski definition) is 0. The zero-order valence-electron chi connectivity index (χ0n) is 16.1. The second kappa shape index (κ2) is 8.52. The molecule has 156 valence electrons. The van der Waals surface area contributed by atoms with Crippen molar-refractivity contribution in [3.05, 3.63) is 45.3 Å². The number of carbonyl (C=O) groups is 2. The quantitative estimate of drug-likeness (QED) is 0.523. The lowest BCUT2D eigenvalue weighted by molar-refractivity contribution is -0.147. The molecule has 1 aliphatic heterocycles. The van der Waals surface area contributed by atoms with Crippen LogP contribution < -0.4 is 4.90 Å². The summed E-state index contributed by atoms with van der Waals surface area (Å²) in [7, 11) is 0. The number of aryl methyl sites for hydroxylation is 2. The number of ether oxygens (including phenoxy) is 1. The molecule has 29 heavy (non-hydrogen) atoms. The topological polar surface area (TPSA) is 59.5 Å². The second-order valence-electron chi connectivity index (χ2n) is 7.02. The Morgan fingerprint density at radius 2 is 2.10 bits per heavy atom. The summed E-state index contributed by atoms with van der Waals surface area (Å²) in [5, 5.41) is 0. The van der Waals surface area contributed by atoms with E-state index >= 15 is 0 Å². The lowest BCUT2D eigenvalue weighted by Crippen LogP contribution is -2.41. The molecular formula is C20H21F3N2O3S. The number of esters is 1. The van der Waals surface area contributed by atoms with Gasteiger partial charge in [0.2, 0.25) is 5.78 Å². The summed E-state index contributed by atoms with van der Waals surface area (Å²) in [5.41, 5.74) is -0.290. The van der Waals surface area contributed by atoms with Crippen LogP contribution in [0.5, 0.6) is 0 Å². The van der Waals surface area contributed by atoms with Crippen molar-refractivity contribution in [3.63, 3.8) is 0 Å². The highest BCUT2D eigenvalue weighted by atomic mass is 32.1. The molecule has 3 rings (SSSR count). The first-order valence-corrected chi connectivity index (χ1v) is 10.0. The van der Waals surface area contributed by atoms with E-state index < -0.39 is 23.6 Å². The van der Waals surface area contributed by atoms with Crippen molar-refractivity contribution < 1.29 is 27.5 Å². The highest BCUT2D eigenvalue weighted by Crippen LogP contribution is 2.36. The zero-order chi connectivity index (χ0) is 21.2. The third-order valence-electron chi connectivity index (χ3n) is 4.83. The maximum absolute atomic E-state index is 13.3. The summed E-state index contributed by atoms with van der Waals surface area (Å²) in [5.74, 6) is -1.64. The molecule has 0 aliphatic carbocycles. The first kappa shape index (κ1) is 21.3. The van der Waals surface area contributed by atoms with Gasteiger partial charge in [0.15, 0.2) is 6.61 Å². The van der Waals surface area contributed by atoms with Crippen LogP contribution in [0.2, 0.25) is 0 Å². The van der Waals surface area contributed by atoms with Crippen LogP contribution in [-0.2, 0) is 15.7 Å². The van der Waals surface area contributed by atoms with Gasteiger partial charge < -0.3 is 9.64 Å². The van der Waals surface area contributed by atoms with E-state index in [1.54, 1.807) is 6.07 Å². The van der Waals surface area contributed by atoms with E-state index in [2.05, 4.69) is 4.98 Å². The van der Waals surface area contributed by atoms with Crippen LogP contribution in [-0.4, -0.2) is 36.4 Å². The average molecular weight is 426 g/mol. The number of piperidine rings is 1. The molecular weight excluding hydrogens is 405 g/mol. The molecule has 1 aliphatic rings. The summed E-state index contributed by atoms with van der Waals surface area (Å²) < 4.78 is 45.0. The number of nitrogens with zero attached hydrogens (tertiary/aromatic N) is 2. The van der Waals surface area contributed by atoms with E-state index in [0.29, 0.717) is 24.9 Å². The Kier molecular flexibility index (Phi) is 6.26. The van der Waals surface area contributed by atoms with E-state index in [1.165, 1.54) is 28.5 Å². The largest absolute Gasteiger partial charge is 0.457 e. The predicted octanol–water partition coefficient (Wildman–Crippen LogP) is 4.42. The molecule has 0 bridgehead atoms. The molecule has 0 radical (unpaired) electrons. The number of carbonyl (C=O) groups excluding carboxylic acids is 2. The van der Waals surface area contributed by atoms with Crippen LogP contribution in [0.15, 0.2) is 24.4 Å². The molecule has 0 saturated carbocycles. The first-order valence-electron chi connectivity index (χ1n) is 9.21. The van der Waals surface area contributed by atoms with Crippen LogP contribution >= 0.6 is 11.3 Å². The Morgan fingerprint density at radius 1 is 1.34 bits per heavy atom. The van der Waals surface area contributed by atoms with Crippen molar-refractivity contribution in [3.8, 4) is 0 Å². The Balaban J connectivity index is 1.64. The van der Waals surface area contributed by atoms with Gasteiger partial charge in [0, 0.05) is 34.6 Å². The number of halogens is 3. The van der Waals surface area contributed by atoms with Gasteiger partial charge in [-0.05, 0) is 44.9 Å². The first-order chi connectivity index (χ1) is 13.7. The SMILES string of the molecule is Cc1cc(C(=O)COC(=O)[C@H]2CCCN(c3ncccc3C(F)(F)F)C2)c(C)s1. The minimum Gasteiger partial charge on any atom is -0.457 e. The number of rotatable bonds is 5. The van der Waals surface area contributed by atoms with Gasteiger partial charge in [0.05, 0.1) is 11.5 Å². The van der Waals surface area contributed by atoms with E-state index in [-0.39, 0.29) is 24.8 Å². The van der Waals surface area contributed by atoms with Gasteiger partial charge in [-0.15, -0.1) is 11.3 Å². The molecule has 0 aromatic carbocycles. The van der Waals surface area contributed by atoms with Crippen molar-refractivity contribution in [2.75, 3.05) is 24.6 Å². The Morgan fingerprint density at radius 3 is 2.76 bits per heavy atom. The third-order valence-corrected chi connectivity index (χ3v) is 5.80. The Labute approximate surface area is 170 Å². The van der Waals surface area contributed by atoms with Gasteiger partial charge in [-0.25, -0.2) is 4.98 Å². The minimum absolute atomic E-state index is 0.0731. The van der Waals surface area contributed by atoms with Crippen molar-refractivity contribution in [1.82, 2.24) is 4.98 Å². The van der Waals surface area contributed by atoms with Crippen molar-refractivity contribution in [2.45, 2.75) is 32.9 Å². The molecule has 0 N–H and O–H groups in total. The van der Waals surface area contributed by atoms with Gasteiger partial charge in [-0.3, -0.25) is 9.59 Å². The lowest BCUT2D eigenvalue weighted by Gasteiger charge is -2.33. The number of pyridine rings is 1. The summed E-state index contributed by atoms with van der Waals surface area (Å²) in [4.78, 5) is 31.9. The molecule has 1 fully saturated rings. The minimum atomic E-state index is -4.53. The van der Waals surface area contributed by atoms with Gasteiger partial charge in [-0.2, -0.15) is 13.2 Å². The lowest BCUT2D eigenvalue weighted by atomic mass is 9.97. The molecule has 3 heterocycles. The molecule has 1 saturated heterocycles. The maximum atomic E-state index is 13.3. The number of thiophene rings is 1. The van der Waals surface area contributed by atoms with Gasteiger partial charge in [-0.1, -0.05) is 0 Å². The molecule has 5 nitrogen and oxygen atoms in total. The summed E-state index contributed by atoms with van der Waals surface area (Å²) >= 11 is 1.49. The molecule has 9 heteroatoms. The Bertz CT molecular complexity index is 911. The average Bonchev–Trinajstić information content (AvgIpc) is 3.03. The van der Waals surface area contributed by atoms with E-state index in [1.807, 2.05) is 13.8 Å². The fourth-order valence-corrected chi connectivity index (χ4v) is 4.41. The molecule has 2 aromatic rings. The second-order valence-corrected chi connectivity index (χ2v) is 8.48. The van der Waals surface area contributed by atoms with Gasteiger partial charge >= 0.3 is 12.1 Å². The molecule has 2 aromatic heterocycles. The van der Waals surface area contributed by atoms with Crippen LogP contribution in [0, 0.1) is 19.8 Å². The summed E-state index contributed by atoms with van der Waals surface area (Å²) in [6, 6.07) is 3.98. The van der Waals surface area contributed by atoms with E-state index in [4.69, 9.17) is 4.74 Å². The predicted molar refractivity (Wildman–Crippen MR) is 103 cm³/mol. The van der Waals surface area contributed by atoms with Crippen LogP contribution in [0.25, 0.3) is 0 Å². The number of anilines is 1. The molecule has 1 atom stereocenters. The number of alkyl halides is 3. The maximum Gasteiger partial charge on any atom is 0.419 e. The van der Waals surface area contributed by atoms with E-state index in [9.17, 15) is 22.8 Å². The third kappa shape index (κ3) is 4.95. The summed E-state index contributed by atoms with van der Waals surface area (Å²) in [6.45, 7) is 3.80. The van der Waals surface area contributed by atoms with Gasteiger partial charge in [0.25, 0.3) is 0 Å². The molecule has 0 unspecified atom stereocenters. The van der Waals surface area contributed by atoms with Crippen LogP contribution in [0.1, 0.15) is 38.5 Å². The fourth-order valence-electron chi connectivity index (χ4n) is 3.47. The number of hydrogen-bond acceptors (Lipinski definition) is 6. The van der Waals surface area contributed by atoms with Crippen molar-refractivity contribution in [2.24, 2.45) is 5.92 Å².